The number of amides is 2. The minimum absolute atomic E-state index is 0.0603. The first-order valence-electron chi connectivity index (χ1n) is 12.2. The second-order valence-electron chi connectivity index (χ2n) is 9.94. The van der Waals surface area contributed by atoms with Gasteiger partial charge in [-0.2, -0.15) is 4.31 Å². The van der Waals surface area contributed by atoms with E-state index in [2.05, 4.69) is 19.2 Å². The second kappa shape index (κ2) is 10.7. The molecule has 34 heavy (non-hydrogen) atoms. The highest BCUT2D eigenvalue weighted by Gasteiger charge is 2.32. The number of rotatable bonds is 6. The van der Waals surface area contributed by atoms with Gasteiger partial charge in [-0.3, -0.25) is 14.5 Å². The van der Waals surface area contributed by atoms with E-state index >= 15 is 0 Å². The molecule has 0 spiro atoms. The summed E-state index contributed by atoms with van der Waals surface area (Å²) in [7, 11) is -3.54. The molecule has 3 unspecified atom stereocenters. The van der Waals surface area contributed by atoms with Crippen LogP contribution in [0.2, 0.25) is 0 Å². The number of carbonyl (C=O) groups excluding carboxylic acids is 2. The Kier molecular flexibility index (Phi) is 7.91. The van der Waals surface area contributed by atoms with Crippen LogP contribution >= 0.6 is 0 Å². The van der Waals surface area contributed by atoms with Crippen LogP contribution in [0.4, 0.5) is 5.69 Å². The average Bonchev–Trinajstić information content (AvgIpc) is 3.34. The first-order chi connectivity index (χ1) is 16.2. The van der Waals surface area contributed by atoms with Crippen molar-refractivity contribution in [2.45, 2.75) is 44.1 Å². The van der Waals surface area contributed by atoms with Gasteiger partial charge in [0, 0.05) is 51.6 Å². The summed E-state index contributed by atoms with van der Waals surface area (Å²) in [6.45, 7) is 8.57. The molecule has 0 aliphatic carbocycles. The molecule has 3 aliphatic heterocycles. The van der Waals surface area contributed by atoms with Crippen molar-refractivity contribution in [3.05, 3.63) is 24.3 Å². The zero-order chi connectivity index (χ0) is 24.3. The molecular weight excluding hydrogens is 456 g/mol. The Morgan fingerprint density at radius 3 is 2.26 bits per heavy atom. The molecule has 3 aliphatic rings. The molecule has 0 saturated carbocycles. The number of carbonyl (C=O) groups is 2. The van der Waals surface area contributed by atoms with Crippen LogP contribution in [0.25, 0.3) is 0 Å². The van der Waals surface area contributed by atoms with Crippen LogP contribution in [-0.2, 0) is 24.3 Å². The van der Waals surface area contributed by atoms with Gasteiger partial charge in [-0.15, -0.1) is 0 Å². The third kappa shape index (κ3) is 5.97. The normalized spacial score (nSPS) is 27.0. The molecule has 1 aromatic carbocycles. The van der Waals surface area contributed by atoms with Gasteiger partial charge < -0.3 is 15.0 Å². The van der Waals surface area contributed by atoms with Crippen LogP contribution < -0.4 is 5.32 Å². The van der Waals surface area contributed by atoms with Gasteiger partial charge >= 0.3 is 0 Å². The Bertz CT molecular complexity index is 960. The first kappa shape index (κ1) is 25.1. The lowest BCUT2D eigenvalue weighted by Gasteiger charge is -2.35. The van der Waals surface area contributed by atoms with Gasteiger partial charge in [0.1, 0.15) is 6.10 Å². The molecular formula is C24H36N4O5S. The molecule has 4 rings (SSSR count). The third-order valence-electron chi connectivity index (χ3n) is 6.87. The molecule has 1 N–H and O–H groups in total. The van der Waals surface area contributed by atoms with Crippen molar-refractivity contribution in [1.29, 1.82) is 0 Å². The predicted molar refractivity (Wildman–Crippen MR) is 129 cm³/mol. The summed E-state index contributed by atoms with van der Waals surface area (Å²) in [6, 6.07) is 6.40. The Morgan fingerprint density at radius 2 is 1.68 bits per heavy atom. The van der Waals surface area contributed by atoms with E-state index in [0.29, 0.717) is 63.4 Å². The van der Waals surface area contributed by atoms with E-state index in [0.717, 1.165) is 19.3 Å². The lowest BCUT2D eigenvalue weighted by atomic mass is 9.94. The highest BCUT2D eigenvalue weighted by atomic mass is 32.2. The fraction of sp³-hybridized carbons (Fsp3) is 0.667. The summed E-state index contributed by atoms with van der Waals surface area (Å²) in [5, 5.41) is 2.85. The molecule has 3 fully saturated rings. The van der Waals surface area contributed by atoms with E-state index in [4.69, 9.17) is 4.74 Å². The van der Waals surface area contributed by atoms with Crippen molar-refractivity contribution < 1.29 is 22.7 Å². The van der Waals surface area contributed by atoms with Crippen molar-refractivity contribution in [3.63, 3.8) is 0 Å². The summed E-state index contributed by atoms with van der Waals surface area (Å²) in [6.07, 6.45) is 2.46. The van der Waals surface area contributed by atoms with Gasteiger partial charge in [-0.1, -0.05) is 13.8 Å². The molecule has 0 bridgehead atoms. The fourth-order valence-corrected chi connectivity index (χ4v) is 6.85. The number of sulfonamides is 1. The van der Waals surface area contributed by atoms with Gasteiger partial charge in [0.2, 0.25) is 15.9 Å². The fourth-order valence-electron chi connectivity index (χ4n) is 5.17. The second-order valence-corrected chi connectivity index (χ2v) is 11.9. The van der Waals surface area contributed by atoms with Crippen LogP contribution in [0, 0.1) is 11.8 Å². The van der Waals surface area contributed by atoms with Crippen LogP contribution in [0.15, 0.2) is 29.2 Å². The Hall–Kier alpha value is -2.01. The van der Waals surface area contributed by atoms with Gasteiger partial charge in [-0.25, -0.2) is 8.42 Å². The van der Waals surface area contributed by atoms with E-state index in [1.165, 1.54) is 0 Å². The van der Waals surface area contributed by atoms with E-state index in [9.17, 15) is 18.0 Å². The van der Waals surface area contributed by atoms with Crippen molar-refractivity contribution >= 4 is 27.5 Å². The van der Waals surface area contributed by atoms with Crippen LogP contribution in [-0.4, -0.2) is 92.9 Å². The largest absolute Gasteiger partial charge is 0.368 e. The van der Waals surface area contributed by atoms with E-state index in [1.54, 1.807) is 28.6 Å². The zero-order valence-electron chi connectivity index (χ0n) is 20.1. The molecule has 0 aromatic heterocycles. The molecule has 3 atom stereocenters. The summed E-state index contributed by atoms with van der Waals surface area (Å²) in [5.41, 5.74) is 0.566. The van der Waals surface area contributed by atoms with Gasteiger partial charge in [0.05, 0.1) is 11.4 Å². The third-order valence-corrected chi connectivity index (χ3v) is 8.71. The van der Waals surface area contributed by atoms with E-state index in [-0.39, 0.29) is 29.4 Å². The predicted octanol–water partition coefficient (Wildman–Crippen LogP) is 1.61. The van der Waals surface area contributed by atoms with Crippen LogP contribution in [0.3, 0.4) is 0 Å². The quantitative estimate of drug-likeness (QED) is 0.648. The van der Waals surface area contributed by atoms with Gasteiger partial charge in [0.25, 0.3) is 5.91 Å². The highest BCUT2D eigenvalue weighted by Crippen LogP contribution is 2.27. The van der Waals surface area contributed by atoms with Crippen molar-refractivity contribution in [1.82, 2.24) is 14.1 Å². The Morgan fingerprint density at radius 1 is 1.03 bits per heavy atom. The van der Waals surface area contributed by atoms with Crippen molar-refractivity contribution in [2.75, 3.05) is 57.7 Å². The summed E-state index contributed by atoms with van der Waals surface area (Å²) in [5.74, 6) is 0.583. The van der Waals surface area contributed by atoms with Crippen LogP contribution in [0.5, 0.6) is 0 Å². The molecule has 9 nitrogen and oxygen atoms in total. The van der Waals surface area contributed by atoms with Gasteiger partial charge in [0.15, 0.2) is 0 Å². The molecule has 188 valence electrons. The molecule has 3 saturated heterocycles. The first-order valence-corrected chi connectivity index (χ1v) is 13.7. The maximum atomic E-state index is 13.0. The molecule has 1 aromatic rings. The van der Waals surface area contributed by atoms with Crippen molar-refractivity contribution in [3.8, 4) is 0 Å². The molecule has 10 heteroatoms. The maximum absolute atomic E-state index is 13.0. The smallest absolute Gasteiger partial charge is 0.251 e. The SMILES string of the molecule is CC1CC(C)CN(S(=O)(=O)c2ccc(NC(=O)CN3CCN(C(=O)C4CCCO4)CC3)cc2)C1. The summed E-state index contributed by atoms with van der Waals surface area (Å²) >= 11 is 0. The number of nitrogens with zero attached hydrogens (tertiary/aromatic N) is 3. The lowest BCUT2D eigenvalue weighted by molar-refractivity contribution is -0.142. The minimum Gasteiger partial charge on any atom is -0.368 e. The molecule has 3 heterocycles. The monoisotopic (exact) mass is 492 g/mol. The summed E-state index contributed by atoms with van der Waals surface area (Å²) in [4.78, 5) is 29.1. The van der Waals surface area contributed by atoms with Crippen molar-refractivity contribution in [2.24, 2.45) is 11.8 Å². The number of piperazine rings is 1. The Balaban J connectivity index is 1.26. The number of anilines is 1. The number of ether oxygens (including phenoxy) is 1. The van der Waals surface area contributed by atoms with E-state index in [1.807, 2.05) is 9.80 Å². The number of benzene rings is 1. The van der Waals surface area contributed by atoms with E-state index < -0.39 is 10.0 Å². The Labute approximate surface area is 202 Å². The molecule has 2 amide bonds. The maximum Gasteiger partial charge on any atom is 0.251 e. The standard InChI is InChI=1S/C24H36N4O5S/c1-18-14-19(2)16-28(15-18)34(31,32)21-7-5-20(6-8-21)25-23(29)17-26-9-11-27(12-10-26)24(30)22-4-3-13-33-22/h5-8,18-19,22H,3-4,9-17H2,1-2H3,(H,25,29). The lowest BCUT2D eigenvalue weighted by Crippen LogP contribution is -2.52. The van der Waals surface area contributed by atoms with Crippen LogP contribution in [0.1, 0.15) is 33.1 Å². The minimum atomic E-state index is -3.54. The summed E-state index contributed by atoms with van der Waals surface area (Å²) < 4.78 is 33.1. The average molecular weight is 493 g/mol. The molecule has 0 radical (unpaired) electrons. The number of nitrogens with one attached hydrogen (secondary N) is 1. The zero-order valence-corrected chi connectivity index (χ0v) is 20.9. The highest BCUT2D eigenvalue weighted by molar-refractivity contribution is 7.89. The topological polar surface area (TPSA) is 99.3 Å². The number of hydrogen-bond acceptors (Lipinski definition) is 6. The number of hydrogen-bond donors (Lipinski definition) is 1. The van der Waals surface area contributed by atoms with Gasteiger partial charge in [-0.05, 0) is 55.4 Å². The number of piperidine rings is 1.